The zero-order valence-corrected chi connectivity index (χ0v) is 15.4. The lowest BCUT2D eigenvalue weighted by Gasteiger charge is -2.31. The Morgan fingerprint density at radius 1 is 1.25 bits per heavy atom. The highest BCUT2D eigenvalue weighted by molar-refractivity contribution is 5.90. The molecule has 1 aliphatic heterocycles. The largest absolute Gasteiger partial charge is 0.497 e. The van der Waals surface area contributed by atoms with Crippen molar-refractivity contribution in [1.29, 1.82) is 0 Å². The number of nitrogens with one attached hydrogen (secondary N) is 1. The first-order valence-electron chi connectivity index (χ1n) is 8.97. The number of piperidine rings is 1. The maximum atomic E-state index is 12.7. The van der Waals surface area contributed by atoms with Gasteiger partial charge in [-0.25, -0.2) is 19.4 Å². The second-order valence-corrected chi connectivity index (χ2v) is 6.50. The van der Waals surface area contributed by atoms with E-state index in [0.29, 0.717) is 36.1 Å². The minimum absolute atomic E-state index is 0.142. The number of nitrogens with zero attached hydrogens (tertiary/aromatic N) is 7. The Morgan fingerprint density at radius 2 is 2.11 bits per heavy atom. The Labute approximate surface area is 161 Å². The standard InChI is InChI=1S/C18H20N8O2/c1-28-16-9-14(8-15(10-16)26-12-21-23-24-26)22-18(27)25-6-3-13(4-7-25)17-2-5-19-11-20-17/h2,5,8-13H,3-4,6-7H2,1H3,(H,22,27). The second-order valence-electron chi connectivity index (χ2n) is 6.50. The molecular formula is C18H20N8O2. The van der Waals surface area contributed by atoms with Crippen LogP contribution in [0.25, 0.3) is 5.69 Å². The highest BCUT2D eigenvalue weighted by atomic mass is 16.5. The number of hydrogen-bond donors (Lipinski definition) is 1. The van der Waals surface area contributed by atoms with Crippen LogP contribution in [-0.4, -0.2) is 61.3 Å². The fraction of sp³-hybridized carbons (Fsp3) is 0.333. The van der Waals surface area contributed by atoms with Gasteiger partial charge in [0, 0.05) is 48.7 Å². The molecule has 10 heteroatoms. The SMILES string of the molecule is COc1cc(NC(=O)N2CCC(c3ccncn3)CC2)cc(-n2cnnn2)c1. The quantitative estimate of drug-likeness (QED) is 0.735. The molecule has 0 aliphatic carbocycles. The average Bonchev–Trinajstić information content (AvgIpc) is 3.29. The van der Waals surface area contributed by atoms with Gasteiger partial charge in [-0.05, 0) is 35.4 Å². The fourth-order valence-electron chi connectivity index (χ4n) is 3.31. The van der Waals surface area contributed by atoms with Gasteiger partial charge in [0.25, 0.3) is 0 Å². The first-order chi connectivity index (χ1) is 13.7. The monoisotopic (exact) mass is 380 g/mol. The smallest absolute Gasteiger partial charge is 0.321 e. The molecule has 0 saturated carbocycles. The molecule has 10 nitrogen and oxygen atoms in total. The third-order valence-electron chi connectivity index (χ3n) is 4.80. The molecule has 1 N–H and O–H groups in total. The maximum Gasteiger partial charge on any atom is 0.321 e. The van der Waals surface area contributed by atoms with E-state index in [9.17, 15) is 4.79 Å². The molecule has 1 aromatic carbocycles. The molecule has 3 aromatic rings. The number of ether oxygens (including phenoxy) is 1. The van der Waals surface area contributed by atoms with Gasteiger partial charge in [-0.1, -0.05) is 0 Å². The Bertz CT molecular complexity index is 924. The summed E-state index contributed by atoms with van der Waals surface area (Å²) < 4.78 is 6.83. The van der Waals surface area contributed by atoms with Crippen molar-refractivity contribution in [3.05, 3.63) is 48.8 Å². The third-order valence-corrected chi connectivity index (χ3v) is 4.80. The van der Waals surface area contributed by atoms with E-state index >= 15 is 0 Å². The molecule has 2 aromatic heterocycles. The fourth-order valence-corrected chi connectivity index (χ4v) is 3.31. The highest BCUT2D eigenvalue weighted by Crippen LogP contribution is 2.27. The normalized spacial score (nSPS) is 14.7. The van der Waals surface area contributed by atoms with Crippen LogP contribution >= 0.6 is 0 Å². The van der Waals surface area contributed by atoms with Crippen LogP contribution in [0.1, 0.15) is 24.5 Å². The van der Waals surface area contributed by atoms with E-state index in [1.807, 2.05) is 11.0 Å². The van der Waals surface area contributed by atoms with Gasteiger partial charge in [-0.15, -0.1) is 5.10 Å². The van der Waals surface area contributed by atoms with Crippen molar-refractivity contribution in [1.82, 2.24) is 35.1 Å². The van der Waals surface area contributed by atoms with Crippen LogP contribution in [0.4, 0.5) is 10.5 Å². The average molecular weight is 380 g/mol. The van der Waals surface area contributed by atoms with Gasteiger partial charge in [-0.2, -0.15) is 0 Å². The minimum Gasteiger partial charge on any atom is -0.497 e. The maximum absolute atomic E-state index is 12.7. The topological polar surface area (TPSA) is 111 Å². The number of urea groups is 1. The zero-order valence-electron chi connectivity index (χ0n) is 15.4. The number of carbonyl (C=O) groups is 1. The second kappa shape index (κ2) is 7.99. The molecule has 0 spiro atoms. The van der Waals surface area contributed by atoms with Crippen LogP contribution in [0.3, 0.4) is 0 Å². The molecular weight excluding hydrogens is 360 g/mol. The van der Waals surface area contributed by atoms with Crippen LogP contribution in [0.5, 0.6) is 5.75 Å². The molecule has 0 radical (unpaired) electrons. The summed E-state index contributed by atoms with van der Waals surface area (Å²) in [5.41, 5.74) is 2.35. The van der Waals surface area contributed by atoms with Crippen molar-refractivity contribution in [2.75, 3.05) is 25.5 Å². The molecule has 1 aliphatic rings. The van der Waals surface area contributed by atoms with E-state index in [-0.39, 0.29) is 6.03 Å². The summed E-state index contributed by atoms with van der Waals surface area (Å²) in [7, 11) is 1.57. The predicted octanol–water partition coefficient (Wildman–Crippen LogP) is 1.87. The van der Waals surface area contributed by atoms with Crippen LogP contribution < -0.4 is 10.1 Å². The Morgan fingerprint density at radius 3 is 2.79 bits per heavy atom. The molecule has 1 fully saturated rings. The minimum atomic E-state index is -0.142. The van der Waals surface area contributed by atoms with E-state index in [4.69, 9.17) is 4.74 Å². The number of carbonyl (C=O) groups excluding carboxylic acids is 1. The molecule has 0 unspecified atom stereocenters. The van der Waals surface area contributed by atoms with Crippen LogP contribution in [0.15, 0.2) is 43.1 Å². The summed E-state index contributed by atoms with van der Waals surface area (Å²) in [5, 5.41) is 14.1. The van der Waals surface area contributed by atoms with Crippen molar-refractivity contribution in [3.63, 3.8) is 0 Å². The van der Waals surface area contributed by atoms with Gasteiger partial charge < -0.3 is 15.0 Å². The van der Waals surface area contributed by atoms with Crippen LogP contribution in [-0.2, 0) is 0 Å². The lowest BCUT2D eigenvalue weighted by Crippen LogP contribution is -2.40. The number of methoxy groups -OCH3 is 1. The molecule has 2 amide bonds. The van der Waals surface area contributed by atoms with Crippen molar-refractivity contribution < 1.29 is 9.53 Å². The Kier molecular flexibility index (Phi) is 5.09. The molecule has 144 valence electrons. The molecule has 0 atom stereocenters. The zero-order chi connectivity index (χ0) is 19.3. The van der Waals surface area contributed by atoms with Crippen LogP contribution in [0.2, 0.25) is 0 Å². The molecule has 3 heterocycles. The van der Waals surface area contributed by atoms with E-state index < -0.39 is 0 Å². The number of likely N-dealkylation sites (tertiary alicyclic amines) is 1. The lowest BCUT2D eigenvalue weighted by molar-refractivity contribution is 0.194. The molecule has 0 bridgehead atoms. The Balaban J connectivity index is 1.42. The molecule has 28 heavy (non-hydrogen) atoms. The van der Waals surface area contributed by atoms with Crippen molar-refractivity contribution in [3.8, 4) is 11.4 Å². The van der Waals surface area contributed by atoms with E-state index in [1.165, 1.54) is 11.0 Å². The first kappa shape index (κ1) is 17.8. The highest BCUT2D eigenvalue weighted by Gasteiger charge is 2.24. The number of anilines is 1. The van der Waals surface area contributed by atoms with E-state index in [1.54, 1.807) is 37.8 Å². The number of rotatable bonds is 4. The summed E-state index contributed by atoms with van der Waals surface area (Å²) in [6.45, 7) is 1.34. The van der Waals surface area contributed by atoms with Gasteiger partial charge in [0.2, 0.25) is 0 Å². The van der Waals surface area contributed by atoms with Gasteiger partial charge >= 0.3 is 6.03 Å². The summed E-state index contributed by atoms with van der Waals surface area (Å²) in [4.78, 5) is 22.8. The lowest BCUT2D eigenvalue weighted by atomic mass is 9.93. The van der Waals surface area contributed by atoms with Crippen molar-refractivity contribution in [2.24, 2.45) is 0 Å². The summed E-state index contributed by atoms with van der Waals surface area (Å²) >= 11 is 0. The third kappa shape index (κ3) is 3.90. The molecule has 1 saturated heterocycles. The van der Waals surface area contributed by atoms with Gasteiger partial charge in [-0.3, -0.25) is 0 Å². The number of hydrogen-bond acceptors (Lipinski definition) is 7. The number of tetrazole rings is 1. The summed E-state index contributed by atoms with van der Waals surface area (Å²) in [6.07, 6.45) is 6.56. The van der Waals surface area contributed by atoms with E-state index in [2.05, 4.69) is 30.8 Å². The van der Waals surface area contributed by atoms with Crippen molar-refractivity contribution in [2.45, 2.75) is 18.8 Å². The van der Waals surface area contributed by atoms with E-state index in [0.717, 1.165) is 18.5 Å². The molecule has 4 rings (SSSR count). The van der Waals surface area contributed by atoms with Gasteiger partial charge in [0.05, 0.1) is 12.8 Å². The van der Waals surface area contributed by atoms with Gasteiger partial charge in [0.15, 0.2) is 0 Å². The number of aromatic nitrogens is 6. The van der Waals surface area contributed by atoms with Crippen molar-refractivity contribution >= 4 is 11.7 Å². The Hall–Kier alpha value is -3.56. The summed E-state index contributed by atoms with van der Waals surface area (Å²) in [6, 6.07) is 7.15. The number of amides is 2. The number of benzene rings is 1. The van der Waals surface area contributed by atoms with Gasteiger partial charge in [0.1, 0.15) is 18.4 Å². The first-order valence-corrected chi connectivity index (χ1v) is 8.97. The van der Waals surface area contributed by atoms with Crippen LogP contribution in [0, 0.1) is 0 Å². The summed E-state index contributed by atoms with van der Waals surface area (Å²) in [5.74, 6) is 0.959. The predicted molar refractivity (Wildman–Crippen MR) is 100 cm³/mol.